The molecule has 0 aliphatic rings. The van der Waals surface area contributed by atoms with Gasteiger partial charge in [-0.15, -0.1) is 0 Å². The lowest BCUT2D eigenvalue weighted by Crippen LogP contribution is -1.99. The lowest BCUT2D eigenvalue weighted by molar-refractivity contribution is 1.03. The molecule has 3 aromatic rings. The summed E-state index contributed by atoms with van der Waals surface area (Å²) in [6.07, 6.45) is 3.40. The molecule has 0 aliphatic heterocycles. The summed E-state index contributed by atoms with van der Waals surface area (Å²) in [5, 5.41) is 16.0. The first-order chi connectivity index (χ1) is 10.2. The number of benzene rings is 1. The maximum Gasteiger partial charge on any atom is 0.200 e. The van der Waals surface area contributed by atoms with Crippen molar-refractivity contribution in [3.63, 3.8) is 0 Å². The number of rotatable bonds is 2. The number of pyridine rings is 1. The molecule has 0 unspecified atom stereocenters. The Morgan fingerprint density at radius 2 is 2.00 bits per heavy atom. The van der Waals surface area contributed by atoms with Gasteiger partial charge in [-0.3, -0.25) is 14.6 Å². The number of nitrogens with zero attached hydrogens (tertiary/aromatic N) is 4. The lowest BCUT2D eigenvalue weighted by atomic mass is 10.2. The summed E-state index contributed by atoms with van der Waals surface area (Å²) < 4.78 is 3.07. The number of hydrogen-bond acceptors (Lipinski definition) is 4. The van der Waals surface area contributed by atoms with Gasteiger partial charge in [-0.25, -0.2) is 0 Å². The van der Waals surface area contributed by atoms with E-state index in [-0.39, 0.29) is 0 Å². The SMILES string of the molecule is N#Cc1ccc(-n2c(-c3ccncc3)n[nH]c2=S)c(Br)c1. The zero-order valence-corrected chi connectivity index (χ0v) is 13.0. The number of hydrogen-bond donors (Lipinski definition) is 1. The summed E-state index contributed by atoms with van der Waals surface area (Å²) in [6.45, 7) is 0. The summed E-state index contributed by atoms with van der Waals surface area (Å²) in [5.41, 5.74) is 2.29. The highest BCUT2D eigenvalue weighted by atomic mass is 79.9. The Labute approximate surface area is 134 Å². The van der Waals surface area contributed by atoms with Crippen molar-refractivity contribution in [3.05, 3.63) is 57.5 Å². The molecular weight excluding hydrogens is 350 g/mol. The van der Waals surface area contributed by atoms with Crippen LogP contribution in [-0.4, -0.2) is 19.7 Å². The first-order valence-electron chi connectivity index (χ1n) is 5.98. The van der Waals surface area contributed by atoms with Crippen molar-refractivity contribution in [2.75, 3.05) is 0 Å². The highest BCUT2D eigenvalue weighted by Gasteiger charge is 2.13. The molecule has 2 heterocycles. The van der Waals surface area contributed by atoms with Crippen LogP contribution in [0.5, 0.6) is 0 Å². The molecule has 0 radical (unpaired) electrons. The third kappa shape index (κ3) is 2.51. The first kappa shape index (κ1) is 13.7. The van der Waals surface area contributed by atoms with E-state index >= 15 is 0 Å². The Bertz CT molecular complexity index is 892. The monoisotopic (exact) mass is 357 g/mol. The second-order valence-electron chi connectivity index (χ2n) is 4.20. The van der Waals surface area contributed by atoms with E-state index in [1.165, 1.54) is 0 Å². The van der Waals surface area contributed by atoms with Crippen molar-refractivity contribution in [2.24, 2.45) is 0 Å². The minimum atomic E-state index is 0.479. The summed E-state index contributed by atoms with van der Waals surface area (Å²) in [6, 6.07) is 11.1. The number of nitrogens with one attached hydrogen (secondary N) is 1. The van der Waals surface area contributed by atoms with Crippen LogP contribution in [0.4, 0.5) is 0 Å². The van der Waals surface area contributed by atoms with E-state index in [1.54, 1.807) is 24.5 Å². The van der Waals surface area contributed by atoms with Crippen LogP contribution in [0.2, 0.25) is 0 Å². The average Bonchev–Trinajstić information content (AvgIpc) is 2.89. The molecule has 0 aliphatic carbocycles. The van der Waals surface area contributed by atoms with Gasteiger partial charge in [0.2, 0.25) is 0 Å². The van der Waals surface area contributed by atoms with E-state index in [1.807, 2.05) is 22.8 Å². The second-order valence-corrected chi connectivity index (χ2v) is 5.44. The number of aromatic amines is 1. The van der Waals surface area contributed by atoms with Crippen molar-refractivity contribution < 1.29 is 0 Å². The summed E-state index contributed by atoms with van der Waals surface area (Å²) >= 11 is 8.80. The standard InChI is InChI=1S/C14H8BrN5S/c15-11-7-9(8-16)1-2-12(11)20-13(18-19-14(20)21)10-3-5-17-6-4-10/h1-7H,(H,19,21). The number of aromatic nitrogens is 4. The molecule has 1 aromatic carbocycles. The molecule has 0 saturated heterocycles. The fourth-order valence-electron chi connectivity index (χ4n) is 1.97. The van der Waals surface area contributed by atoms with Crippen LogP contribution in [0.15, 0.2) is 47.2 Å². The van der Waals surface area contributed by atoms with Gasteiger partial charge in [-0.2, -0.15) is 10.4 Å². The quantitative estimate of drug-likeness (QED) is 0.711. The molecule has 21 heavy (non-hydrogen) atoms. The first-order valence-corrected chi connectivity index (χ1v) is 7.18. The van der Waals surface area contributed by atoms with E-state index in [0.29, 0.717) is 16.2 Å². The van der Waals surface area contributed by atoms with Crippen molar-refractivity contribution in [1.82, 2.24) is 19.7 Å². The molecule has 0 spiro atoms. The van der Waals surface area contributed by atoms with Gasteiger partial charge >= 0.3 is 0 Å². The molecule has 0 saturated carbocycles. The number of H-pyrrole nitrogens is 1. The Kier molecular flexibility index (Phi) is 3.64. The van der Waals surface area contributed by atoms with Crippen molar-refractivity contribution in [1.29, 1.82) is 5.26 Å². The molecular formula is C14H8BrN5S. The van der Waals surface area contributed by atoms with E-state index in [9.17, 15) is 0 Å². The van der Waals surface area contributed by atoms with Crippen LogP contribution in [0.3, 0.4) is 0 Å². The highest BCUT2D eigenvalue weighted by Crippen LogP contribution is 2.27. The topological polar surface area (TPSA) is 70.3 Å². The zero-order valence-electron chi connectivity index (χ0n) is 10.6. The average molecular weight is 358 g/mol. The van der Waals surface area contributed by atoms with Crippen LogP contribution in [0.25, 0.3) is 17.1 Å². The Balaban J connectivity index is 2.23. The molecule has 2 aromatic heterocycles. The molecule has 3 rings (SSSR count). The van der Waals surface area contributed by atoms with Gasteiger partial charge in [0.1, 0.15) is 0 Å². The van der Waals surface area contributed by atoms with Gasteiger partial charge in [-0.1, -0.05) is 0 Å². The predicted molar refractivity (Wildman–Crippen MR) is 84.4 cm³/mol. The fraction of sp³-hybridized carbons (Fsp3) is 0. The molecule has 0 fully saturated rings. The normalized spacial score (nSPS) is 10.3. The Morgan fingerprint density at radius 1 is 1.24 bits per heavy atom. The highest BCUT2D eigenvalue weighted by molar-refractivity contribution is 9.10. The van der Waals surface area contributed by atoms with Crippen LogP contribution in [0, 0.1) is 16.1 Å². The van der Waals surface area contributed by atoms with Gasteiger partial charge in [-0.05, 0) is 58.5 Å². The van der Waals surface area contributed by atoms with Gasteiger partial charge in [0.15, 0.2) is 10.6 Å². The number of nitriles is 1. The molecule has 1 N–H and O–H groups in total. The van der Waals surface area contributed by atoms with E-state index < -0.39 is 0 Å². The molecule has 0 atom stereocenters. The summed E-state index contributed by atoms with van der Waals surface area (Å²) in [4.78, 5) is 4.00. The van der Waals surface area contributed by atoms with E-state index in [4.69, 9.17) is 17.5 Å². The molecule has 5 nitrogen and oxygen atoms in total. The van der Waals surface area contributed by atoms with Crippen LogP contribution < -0.4 is 0 Å². The van der Waals surface area contributed by atoms with Crippen molar-refractivity contribution >= 4 is 28.1 Å². The van der Waals surface area contributed by atoms with Gasteiger partial charge in [0, 0.05) is 22.4 Å². The van der Waals surface area contributed by atoms with Crippen LogP contribution >= 0.6 is 28.1 Å². The molecule has 0 amide bonds. The maximum atomic E-state index is 8.95. The van der Waals surface area contributed by atoms with Gasteiger partial charge in [0.05, 0.1) is 17.3 Å². The van der Waals surface area contributed by atoms with Crippen molar-refractivity contribution in [3.8, 4) is 23.1 Å². The molecule has 102 valence electrons. The predicted octanol–water partition coefficient (Wildman–Crippen LogP) is 3.63. The summed E-state index contributed by atoms with van der Waals surface area (Å²) in [7, 11) is 0. The zero-order chi connectivity index (χ0) is 14.8. The maximum absolute atomic E-state index is 8.95. The van der Waals surface area contributed by atoms with E-state index in [0.717, 1.165) is 15.7 Å². The minimum Gasteiger partial charge on any atom is -0.267 e. The third-order valence-corrected chi connectivity index (χ3v) is 3.84. The van der Waals surface area contributed by atoms with Crippen LogP contribution in [0.1, 0.15) is 5.56 Å². The van der Waals surface area contributed by atoms with Crippen LogP contribution in [-0.2, 0) is 0 Å². The van der Waals surface area contributed by atoms with E-state index in [2.05, 4.69) is 37.2 Å². The fourth-order valence-corrected chi connectivity index (χ4v) is 2.76. The van der Waals surface area contributed by atoms with Gasteiger partial charge < -0.3 is 0 Å². The smallest absolute Gasteiger partial charge is 0.200 e. The largest absolute Gasteiger partial charge is 0.267 e. The summed E-state index contributed by atoms with van der Waals surface area (Å²) in [5.74, 6) is 0.688. The lowest BCUT2D eigenvalue weighted by Gasteiger charge is -2.09. The third-order valence-electron chi connectivity index (χ3n) is 2.93. The Morgan fingerprint density at radius 3 is 2.67 bits per heavy atom. The van der Waals surface area contributed by atoms with Gasteiger partial charge in [0.25, 0.3) is 0 Å². The second kappa shape index (κ2) is 5.60. The minimum absolute atomic E-state index is 0.479. The number of halogens is 1. The molecule has 0 bridgehead atoms. The Hall–Kier alpha value is -2.30. The van der Waals surface area contributed by atoms with Crippen molar-refractivity contribution in [2.45, 2.75) is 0 Å². The molecule has 7 heteroatoms.